The zero-order chi connectivity index (χ0) is 14.8. The first-order valence-electron chi connectivity index (χ1n) is 7.17. The second-order valence-electron chi connectivity index (χ2n) is 5.95. The van der Waals surface area contributed by atoms with Gasteiger partial charge in [0.25, 0.3) is 0 Å². The Morgan fingerprint density at radius 2 is 2.15 bits per heavy atom. The maximum Gasteiger partial charge on any atom is 0.240 e. The molecule has 1 aliphatic rings. The largest absolute Gasteiger partial charge is 0.496 e. The van der Waals surface area contributed by atoms with Crippen LogP contribution in [0.25, 0.3) is 0 Å². The second-order valence-corrected chi connectivity index (χ2v) is 5.95. The Labute approximate surface area is 120 Å². The topological polar surface area (TPSA) is 64.3 Å². The van der Waals surface area contributed by atoms with E-state index in [9.17, 15) is 4.79 Å². The molecule has 110 valence electrons. The van der Waals surface area contributed by atoms with Gasteiger partial charge in [0.15, 0.2) is 0 Å². The SMILES string of the molecule is COc1ccccc1CC(C)NC(=O)C(C)(N)C1CC1. The zero-order valence-electron chi connectivity index (χ0n) is 12.5. The summed E-state index contributed by atoms with van der Waals surface area (Å²) in [5.41, 5.74) is 6.48. The lowest BCUT2D eigenvalue weighted by Crippen LogP contribution is -2.55. The Morgan fingerprint density at radius 1 is 1.50 bits per heavy atom. The molecule has 2 atom stereocenters. The number of hydrogen-bond acceptors (Lipinski definition) is 3. The van der Waals surface area contributed by atoms with Crippen molar-refractivity contribution in [3.63, 3.8) is 0 Å². The highest BCUT2D eigenvalue weighted by molar-refractivity contribution is 5.86. The highest BCUT2D eigenvalue weighted by Crippen LogP contribution is 2.38. The monoisotopic (exact) mass is 276 g/mol. The van der Waals surface area contributed by atoms with Crippen molar-refractivity contribution in [2.45, 2.75) is 44.7 Å². The van der Waals surface area contributed by atoms with Crippen LogP contribution in [0, 0.1) is 5.92 Å². The molecule has 1 amide bonds. The molecule has 1 aromatic rings. The molecule has 1 fully saturated rings. The standard InChI is InChI=1S/C16H24N2O2/c1-11(10-12-6-4-5-7-14(12)20-3)18-15(19)16(2,17)13-8-9-13/h4-7,11,13H,8-10,17H2,1-3H3,(H,18,19). The molecule has 2 unspecified atom stereocenters. The predicted octanol–water partition coefficient (Wildman–Crippen LogP) is 1.87. The van der Waals surface area contributed by atoms with Crippen molar-refractivity contribution in [1.82, 2.24) is 5.32 Å². The number of nitrogens with one attached hydrogen (secondary N) is 1. The third kappa shape index (κ3) is 3.31. The lowest BCUT2D eigenvalue weighted by molar-refractivity contribution is -0.127. The molecule has 0 heterocycles. The van der Waals surface area contributed by atoms with Crippen LogP contribution in [0.1, 0.15) is 32.3 Å². The maximum atomic E-state index is 12.2. The number of carbonyl (C=O) groups excluding carboxylic acids is 1. The Kier molecular flexibility index (Phi) is 4.33. The summed E-state index contributed by atoms with van der Waals surface area (Å²) in [5.74, 6) is 1.13. The quantitative estimate of drug-likeness (QED) is 0.833. The van der Waals surface area contributed by atoms with Gasteiger partial charge in [0.05, 0.1) is 12.6 Å². The smallest absolute Gasteiger partial charge is 0.240 e. The van der Waals surface area contributed by atoms with Crippen LogP contribution in [0.3, 0.4) is 0 Å². The molecule has 1 aromatic carbocycles. The highest BCUT2D eigenvalue weighted by Gasteiger charge is 2.44. The van der Waals surface area contributed by atoms with Gasteiger partial charge in [-0.2, -0.15) is 0 Å². The fourth-order valence-electron chi connectivity index (χ4n) is 2.50. The molecule has 20 heavy (non-hydrogen) atoms. The molecule has 0 radical (unpaired) electrons. The van der Waals surface area contributed by atoms with E-state index in [1.54, 1.807) is 7.11 Å². The first-order valence-corrected chi connectivity index (χ1v) is 7.17. The second kappa shape index (κ2) is 5.83. The van der Waals surface area contributed by atoms with E-state index in [0.29, 0.717) is 5.92 Å². The molecule has 4 heteroatoms. The first kappa shape index (κ1) is 14.9. The van der Waals surface area contributed by atoms with Crippen LogP contribution in [-0.4, -0.2) is 24.6 Å². The minimum Gasteiger partial charge on any atom is -0.496 e. The number of carbonyl (C=O) groups is 1. The molecule has 0 aromatic heterocycles. The molecule has 0 bridgehead atoms. The summed E-state index contributed by atoms with van der Waals surface area (Å²) in [7, 11) is 1.66. The van der Waals surface area contributed by atoms with E-state index in [2.05, 4.69) is 5.32 Å². The Morgan fingerprint density at radius 3 is 2.75 bits per heavy atom. The highest BCUT2D eigenvalue weighted by atomic mass is 16.5. The van der Waals surface area contributed by atoms with Crippen molar-refractivity contribution in [3.05, 3.63) is 29.8 Å². The summed E-state index contributed by atoms with van der Waals surface area (Å²) in [5, 5.41) is 3.02. The first-order chi connectivity index (χ1) is 9.45. The van der Waals surface area contributed by atoms with E-state index in [1.807, 2.05) is 38.1 Å². The molecule has 3 N–H and O–H groups in total. The fraction of sp³-hybridized carbons (Fsp3) is 0.562. The van der Waals surface area contributed by atoms with E-state index in [1.165, 1.54) is 0 Å². The Balaban J connectivity index is 1.95. The average molecular weight is 276 g/mol. The number of rotatable bonds is 6. The lowest BCUT2D eigenvalue weighted by Gasteiger charge is -2.26. The lowest BCUT2D eigenvalue weighted by atomic mass is 9.95. The number of nitrogens with two attached hydrogens (primary N) is 1. The van der Waals surface area contributed by atoms with Gasteiger partial charge in [0.1, 0.15) is 5.75 Å². The van der Waals surface area contributed by atoms with Crippen LogP contribution in [-0.2, 0) is 11.2 Å². The number of methoxy groups -OCH3 is 1. The van der Waals surface area contributed by atoms with Crippen molar-refractivity contribution in [2.75, 3.05) is 7.11 Å². The van der Waals surface area contributed by atoms with Gasteiger partial charge in [0, 0.05) is 6.04 Å². The number of benzene rings is 1. The van der Waals surface area contributed by atoms with Crippen LogP contribution >= 0.6 is 0 Å². The average Bonchev–Trinajstić information content (AvgIpc) is 3.23. The number of hydrogen-bond donors (Lipinski definition) is 2. The van der Waals surface area contributed by atoms with E-state index in [-0.39, 0.29) is 11.9 Å². The third-order valence-electron chi connectivity index (χ3n) is 4.01. The molecule has 0 saturated heterocycles. The van der Waals surface area contributed by atoms with Crippen molar-refractivity contribution in [1.29, 1.82) is 0 Å². The van der Waals surface area contributed by atoms with Gasteiger partial charge in [-0.25, -0.2) is 0 Å². The van der Waals surface area contributed by atoms with Crippen LogP contribution < -0.4 is 15.8 Å². The van der Waals surface area contributed by atoms with Gasteiger partial charge in [-0.15, -0.1) is 0 Å². The van der Waals surface area contributed by atoms with Gasteiger partial charge in [0.2, 0.25) is 5.91 Å². The van der Waals surface area contributed by atoms with Crippen LogP contribution in [0.15, 0.2) is 24.3 Å². The summed E-state index contributed by atoms with van der Waals surface area (Å²) in [6, 6.07) is 7.89. The summed E-state index contributed by atoms with van der Waals surface area (Å²) in [6.07, 6.45) is 2.85. The zero-order valence-corrected chi connectivity index (χ0v) is 12.5. The van der Waals surface area contributed by atoms with Gasteiger partial charge in [-0.1, -0.05) is 18.2 Å². The fourth-order valence-corrected chi connectivity index (χ4v) is 2.50. The summed E-state index contributed by atoms with van der Waals surface area (Å²) in [6.45, 7) is 3.82. The Bertz CT molecular complexity index is 481. The van der Waals surface area contributed by atoms with Crippen molar-refractivity contribution in [3.8, 4) is 5.75 Å². The summed E-state index contributed by atoms with van der Waals surface area (Å²) < 4.78 is 5.33. The summed E-state index contributed by atoms with van der Waals surface area (Å²) in [4.78, 5) is 12.2. The van der Waals surface area contributed by atoms with E-state index in [4.69, 9.17) is 10.5 Å². The molecule has 1 saturated carbocycles. The van der Waals surface area contributed by atoms with Gasteiger partial charge in [-0.3, -0.25) is 4.79 Å². The van der Waals surface area contributed by atoms with Crippen molar-refractivity contribution >= 4 is 5.91 Å². The normalized spacial score (nSPS) is 19.0. The number of ether oxygens (including phenoxy) is 1. The van der Waals surface area contributed by atoms with Crippen LogP contribution in [0.4, 0.5) is 0 Å². The maximum absolute atomic E-state index is 12.2. The molecule has 0 aliphatic heterocycles. The number of amides is 1. The minimum absolute atomic E-state index is 0.0282. The molecule has 0 spiro atoms. The minimum atomic E-state index is -0.741. The molecule has 2 rings (SSSR count). The molecular formula is C16H24N2O2. The molecular weight excluding hydrogens is 252 g/mol. The summed E-state index contributed by atoms with van der Waals surface area (Å²) >= 11 is 0. The van der Waals surface area contributed by atoms with Gasteiger partial charge >= 0.3 is 0 Å². The third-order valence-corrected chi connectivity index (χ3v) is 4.01. The van der Waals surface area contributed by atoms with E-state index >= 15 is 0 Å². The number of para-hydroxylation sites is 1. The van der Waals surface area contributed by atoms with Crippen molar-refractivity contribution < 1.29 is 9.53 Å². The van der Waals surface area contributed by atoms with Crippen molar-refractivity contribution in [2.24, 2.45) is 11.7 Å². The van der Waals surface area contributed by atoms with Gasteiger partial charge < -0.3 is 15.8 Å². The van der Waals surface area contributed by atoms with Gasteiger partial charge in [-0.05, 0) is 50.7 Å². The van der Waals surface area contributed by atoms with Crippen LogP contribution in [0.5, 0.6) is 5.75 Å². The van der Waals surface area contributed by atoms with E-state index in [0.717, 1.165) is 30.6 Å². The Hall–Kier alpha value is -1.55. The van der Waals surface area contributed by atoms with Crippen LogP contribution in [0.2, 0.25) is 0 Å². The van der Waals surface area contributed by atoms with E-state index < -0.39 is 5.54 Å². The molecule has 1 aliphatic carbocycles. The predicted molar refractivity (Wildman–Crippen MR) is 79.6 cm³/mol. The molecule has 4 nitrogen and oxygen atoms in total.